The van der Waals surface area contributed by atoms with Crippen LogP contribution in [0, 0.1) is 11.8 Å². The molecule has 3 aromatic carbocycles. The number of carbonyl (C=O) groups excluding carboxylic acids is 1. The average molecular weight is 420 g/mol. The molecule has 150 valence electrons. The van der Waals surface area contributed by atoms with E-state index in [9.17, 15) is 19.8 Å². The number of fused-ring (bicyclic) bond motifs is 1. The van der Waals surface area contributed by atoms with Crippen LogP contribution >= 0.6 is 11.6 Å². The number of amides is 1. The molecule has 3 N–H and O–H groups in total. The molecule has 3 aromatic rings. The van der Waals surface area contributed by atoms with Gasteiger partial charge < -0.3 is 15.5 Å². The molecule has 0 aromatic heterocycles. The van der Waals surface area contributed by atoms with Gasteiger partial charge in [-0.1, -0.05) is 60.1 Å². The predicted molar refractivity (Wildman–Crippen MR) is 112 cm³/mol. The van der Waals surface area contributed by atoms with E-state index in [2.05, 4.69) is 5.32 Å². The van der Waals surface area contributed by atoms with Gasteiger partial charge in [0.25, 0.3) is 0 Å². The van der Waals surface area contributed by atoms with Crippen LogP contribution in [-0.2, 0) is 15.2 Å². The maximum absolute atomic E-state index is 13.4. The number of anilines is 1. The first kappa shape index (κ1) is 18.9. The van der Waals surface area contributed by atoms with Gasteiger partial charge >= 0.3 is 5.97 Å². The molecule has 2 unspecified atom stereocenters. The van der Waals surface area contributed by atoms with Crippen molar-refractivity contribution in [2.24, 2.45) is 11.8 Å². The highest BCUT2D eigenvalue weighted by Crippen LogP contribution is 2.60. The fraction of sp³-hybridized carbons (Fsp3) is 0.167. The van der Waals surface area contributed by atoms with Gasteiger partial charge in [0.05, 0.1) is 5.92 Å². The molecule has 0 radical (unpaired) electrons. The van der Waals surface area contributed by atoms with E-state index in [0.29, 0.717) is 21.8 Å². The first-order chi connectivity index (χ1) is 14.4. The first-order valence-electron chi connectivity index (χ1n) is 9.63. The maximum Gasteiger partial charge on any atom is 0.311 e. The third kappa shape index (κ3) is 2.52. The minimum atomic E-state index is -1.80. The largest absolute Gasteiger partial charge is 0.481 e. The van der Waals surface area contributed by atoms with Crippen molar-refractivity contribution in [3.05, 3.63) is 100 Å². The molecule has 2 atom stereocenters. The van der Waals surface area contributed by atoms with Crippen molar-refractivity contribution in [1.29, 1.82) is 0 Å². The summed E-state index contributed by atoms with van der Waals surface area (Å²) in [5.74, 6) is -4.42. The number of hydrogen-bond donors (Lipinski definition) is 3. The second-order valence-corrected chi connectivity index (χ2v) is 8.19. The number of carboxylic acids is 1. The van der Waals surface area contributed by atoms with E-state index in [1.165, 1.54) is 0 Å². The number of carboxylic acid groups (broad SMARTS) is 1. The molecular formula is C24H18ClNO4. The maximum atomic E-state index is 13.4. The van der Waals surface area contributed by atoms with E-state index in [1.807, 2.05) is 24.3 Å². The van der Waals surface area contributed by atoms with E-state index in [-0.39, 0.29) is 0 Å². The number of rotatable bonds is 3. The van der Waals surface area contributed by atoms with Crippen LogP contribution in [0.25, 0.3) is 0 Å². The number of aliphatic carboxylic acids is 1. The highest BCUT2D eigenvalue weighted by molar-refractivity contribution is 6.30. The Morgan fingerprint density at radius 2 is 1.40 bits per heavy atom. The number of carbonyl (C=O) groups is 2. The number of hydrogen-bond acceptors (Lipinski definition) is 3. The molecule has 0 fully saturated rings. The second-order valence-electron chi connectivity index (χ2n) is 7.76. The number of benzene rings is 3. The molecule has 3 aliphatic rings. The van der Waals surface area contributed by atoms with Crippen molar-refractivity contribution in [2.45, 2.75) is 11.5 Å². The third-order valence-corrected chi connectivity index (χ3v) is 6.51. The molecule has 5 nitrogen and oxygen atoms in total. The normalized spacial score (nSPS) is 25.9. The van der Waals surface area contributed by atoms with Gasteiger partial charge in [-0.15, -0.1) is 0 Å². The monoisotopic (exact) mass is 419 g/mol. The molecule has 3 aliphatic carbocycles. The Morgan fingerprint density at radius 3 is 1.93 bits per heavy atom. The summed E-state index contributed by atoms with van der Waals surface area (Å²) in [5.41, 5.74) is 1.40. The number of nitrogens with one attached hydrogen (secondary N) is 1. The van der Waals surface area contributed by atoms with E-state index in [1.54, 1.807) is 48.5 Å². The molecule has 1 amide bonds. The zero-order valence-corrected chi connectivity index (χ0v) is 16.5. The first-order valence-corrected chi connectivity index (χ1v) is 10.0. The van der Waals surface area contributed by atoms with E-state index < -0.39 is 35.2 Å². The lowest BCUT2D eigenvalue weighted by atomic mass is 9.51. The molecule has 0 heterocycles. The Labute approximate surface area is 177 Å². The molecule has 0 saturated heterocycles. The SMILES string of the molecule is O=C(Nc1ccc(Cl)cc1)C1C2c3ccccc3C(O)(c3ccccc32)C1C(=O)O. The Bertz CT molecular complexity index is 1130. The molecule has 30 heavy (non-hydrogen) atoms. The van der Waals surface area contributed by atoms with Crippen LogP contribution in [0.2, 0.25) is 5.02 Å². The fourth-order valence-electron chi connectivity index (χ4n) is 5.11. The Morgan fingerprint density at radius 1 is 0.867 bits per heavy atom. The summed E-state index contributed by atoms with van der Waals surface area (Å²) >= 11 is 5.92. The molecule has 2 bridgehead atoms. The topological polar surface area (TPSA) is 86.6 Å². The standard InChI is InChI=1S/C24H18ClNO4/c25-13-9-11-14(12-10-13)26-22(27)20-19-15-5-1-3-7-17(15)24(30,21(20)23(28)29)18-8-4-2-6-16(18)19/h1-12,19-21,30H,(H,26,27)(H,28,29). The minimum Gasteiger partial charge on any atom is -0.481 e. The minimum absolute atomic E-state index is 0.447. The van der Waals surface area contributed by atoms with E-state index in [0.717, 1.165) is 11.1 Å². The Balaban J connectivity index is 1.69. The summed E-state index contributed by atoms with van der Waals surface area (Å²) < 4.78 is 0. The molecule has 0 saturated carbocycles. The average Bonchev–Trinajstić information content (AvgIpc) is 2.75. The van der Waals surface area contributed by atoms with Gasteiger partial charge in [-0.05, 0) is 46.5 Å². The van der Waals surface area contributed by atoms with Crippen molar-refractivity contribution in [2.75, 3.05) is 5.32 Å². The lowest BCUT2D eigenvalue weighted by Crippen LogP contribution is -2.58. The van der Waals surface area contributed by atoms with Crippen molar-refractivity contribution in [3.8, 4) is 0 Å². The zero-order chi connectivity index (χ0) is 21.0. The summed E-state index contributed by atoms with van der Waals surface area (Å²) in [4.78, 5) is 25.8. The van der Waals surface area contributed by atoms with E-state index in [4.69, 9.17) is 11.6 Å². The van der Waals surface area contributed by atoms with Crippen LogP contribution in [0.4, 0.5) is 5.69 Å². The highest BCUT2D eigenvalue weighted by atomic mass is 35.5. The fourth-order valence-corrected chi connectivity index (χ4v) is 5.24. The van der Waals surface area contributed by atoms with Crippen molar-refractivity contribution < 1.29 is 19.8 Å². The summed E-state index contributed by atoms with van der Waals surface area (Å²) in [7, 11) is 0. The lowest BCUT2D eigenvalue weighted by molar-refractivity contribution is -0.161. The second kappa shape index (κ2) is 6.69. The predicted octanol–water partition coefficient (Wildman–Crippen LogP) is 3.99. The van der Waals surface area contributed by atoms with Crippen LogP contribution in [0.5, 0.6) is 0 Å². The number of aliphatic hydroxyl groups is 1. The summed E-state index contributed by atoms with van der Waals surface area (Å²) in [6.45, 7) is 0. The van der Waals surface area contributed by atoms with Gasteiger partial charge in [0, 0.05) is 16.6 Å². The Hall–Kier alpha value is -3.15. The van der Waals surface area contributed by atoms with Crippen LogP contribution in [0.15, 0.2) is 72.8 Å². The van der Waals surface area contributed by atoms with Crippen LogP contribution in [0.3, 0.4) is 0 Å². The quantitative estimate of drug-likeness (QED) is 0.599. The van der Waals surface area contributed by atoms with Crippen molar-refractivity contribution in [3.63, 3.8) is 0 Å². The smallest absolute Gasteiger partial charge is 0.311 e. The van der Waals surface area contributed by atoms with Crippen LogP contribution in [-0.4, -0.2) is 22.1 Å². The molecule has 6 heteroatoms. The summed E-state index contributed by atoms with van der Waals surface area (Å²) in [5, 5.41) is 25.4. The van der Waals surface area contributed by atoms with Gasteiger partial charge in [0.2, 0.25) is 5.91 Å². The van der Waals surface area contributed by atoms with E-state index >= 15 is 0 Å². The molecule has 0 spiro atoms. The summed E-state index contributed by atoms with van der Waals surface area (Å²) in [6.07, 6.45) is 0. The molecular weight excluding hydrogens is 402 g/mol. The highest BCUT2D eigenvalue weighted by Gasteiger charge is 2.63. The van der Waals surface area contributed by atoms with Crippen molar-refractivity contribution in [1.82, 2.24) is 0 Å². The van der Waals surface area contributed by atoms with Gasteiger partial charge in [0.15, 0.2) is 0 Å². The van der Waals surface area contributed by atoms with Crippen LogP contribution < -0.4 is 5.32 Å². The summed E-state index contributed by atoms with van der Waals surface area (Å²) in [6, 6.07) is 21.1. The molecule has 0 aliphatic heterocycles. The third-order valence-electron chi connectivity index (χ3n) is 6.26. The number of halogens is 1. The van der Waals surface area contributed by atoms with Crippen LogP contribution in [0.1, 0.15) is 28.2 Å². The van der Waals surface area contributed by atoms with Crippen molar-refractivity contribution >= 4 is 29.2 Å². The zero-order valence-electron chi connectivity index (χ0n) is 15.7. The lowest BCUT2D eigenvalue weighted by Gasteiger charge is -2.53. The Kier molecular flexibility index (Phi) is 4.20. The molecule has 6 rings (SSSR count). The van der Waals surface area contributed by atoms with Gasteiger partial charge in [-0.25, -0.2) is 0 Å². The van der Waals surface area contributed by atoms with Gasteiger partial charge in [-0.2, -0.15) is 0 Å². The van der Waals surface area contributed by atoms with Gasteiger partial charge in [-0.3, -0.25) is 9.59 Å². The van der Waals surface area contributed by atoms with Gasteiger partial charge in [0.1, 0.15) is 11.5 Å².